The highest BCUT2D eigenvalue weighted by Crippen LogP contribution is 2.20. The molecule has 0 bridgehead atoms. The average molecular weight is 289 g/mol. The van der Waals surface area contributed by atoms with Gasteiger partial charge in [0.15, 0.2) is 0 Å². The molecule has 2 rings (SSSR count). The number of halogens is 1. The monoisotopic (exact) mass is 288 g/mol. The van der Waals surface area contributed by atoms with E-state index in [4.69, 9.17) is 0 Å². The first-order chi connectivity index (χ1) is 7.79. The maximum Gasteiger partial charge on any atom is 0.233 e. The minimum Gasteiger partial charge on any atom is -0.342 e. The van der Waals surface area contributed by atoms with E-state index in [0.29, 0.717) is 5.33 Å². The van der Waals surface area contributed by atoms with Gasteiger partial charge in [-0.05, 0) is 44.7 Å². The van der Waals surface area contributed by atoms with Gasteiger partial charge in [0, 0.05) is 19.6 Å². The predicted octanol–water partition coefficient (Wildman–Crippen LogP) is 1.72. The Morgan fingerprint density at radius 2 is 1.75 bits per heavy atom. The van der Waals surface area contributed by atoms with E-state index in [1.54, 1.807) is 0 Å². The molecule has 2 saturated heterocycles. The maximum atomic E-state index is 11.5. The Morgan fingerprint density at radius 3 is 2.31 bits per heavy atom. The molecule has 0 aromatic carbocycles. The standard InChI is InChI=1S/C12H21BrN2O/c13-9-12(16)15-7-3-11(4-8-15)10-14-5-1-2-6-14/h11H,1-10H2. The van der Waals surface area contributed by atoms with Crippen molar-refractivity contribution >= 4 is 21.8 Å². The van der Waals surface area contributed by atoms with Crippen molar-refractivity contribution in [1.29, 1.82) is 0 Å². The van der Waals surface area contributed by atoms with E-state index in [1.165, 1.54) is 45.3 Å². The Balaban J connectivity index is 1.70. The molecule has 2 fully saturated rings. The molecular formula is C12H21BrN2O. The minimum absolute atomic E-state index is 0.250. The third-order valence-corrected chi connectivity index (χ3v) is 4.28. The van der Waals surface area contributed by atoms with Crippen LogP contribution in [-0.4, -0.2) is 53.8 Å². The quantitative estimate of drug-likeness (QED) is 0.739. The van der Waals surface area contributed by atoms with Crippen molar-refractivity contribution in [2.45, 2.75) is 25.7 Å². The second kappa shape index (κ2) is 6.01. The molecule has 2 aliphatic heterocycles. The predicted molar refractivity (Wildman–Crippen MR) is 68.8 cm³/mol. The van der Waals surface area contributed by atoms with Gasteiger partial charge in [-0.3, -0.25) is 4.79 Å². The molecule has 0 N–H and O–H groups in total. The van der Waals surface area contributed by atoms with Crippen LogP contribution >= 0.6 is 15.9 Å². The van der Waals surface area contributed by atoms with Gasteiger partial charge >= 0.3 is 0 Å². The van der Waals surface area contributed by atoms with Crippen molar-refractivity contribution in [3.05, 3.63) is 0 Å². The van der Waals surface area contributed by atoms with Crippen molar-refractivity contribution in [3.8, 4) is 0 Å². The van der Waals surface area contributed by atoms with Crippen LogP contribution in [0.3, 0.4) is 0 Å². The van der Waals surface area contributed by atoms with Crippen LogP contribution in [0.25, 0.3) is 0 Å². The molecule has 0 spiro atoms. The van der Waals surface area contributed by atoms with Crippen LogP contribution < -0.4 is 0 Å². The molecule has 2 heterocycles. The summed E-state index contributed by atoms with van der Waals surface area (Å²) in [6.07, 6.45) is 5.13. The number of alkyl halides is 1. The van der Waals surface area contributed by atoms with Crippen LogP contribution in [0.15, 0.2) is 0 Å². The van der Waals surface area contributed by atoms with Crippen molar-refractivity contribution < 1.29 is 4.79 Å². The van der Waals surface area contributed by atoms with Crippen LogP contribution in [0.1, 0.15) is 25.7 Å². The molecule has 0 atom stereocenters. The van der Waals surface area contributed by atoms with Crippen molar-refractivity contribution in [1.82, 2.24) is 9.80 Å². The Hall–Kier alpha value is -0.0900. The molecule has 0 saturated carbocycles. The first kappa shape index (κ1) is 12.4. The van der Waals surface area contributed by atoms with Gasteiger partial charge in [-0.2, -0.15) is 0 Å². The van der Waals surface area contributed by atoms with E-state index in [0.717, 1.165) is 19.0 Å². The molecule has 0 unspecified atom stereocenters. The van der Waals surface area contributed by atoms with Crippen LogP contribution in [0.5, 0.6) is 0 Å². The van der Waals surface area contributed by atoms with Crippen LogP contribution in [0, 0.1) is 5.92 Å². The fourth-order valence-corrected chi connectivity index (χ4v) is 3.13. The normalized spacial score (nSPS) is 23.9. The van der Waals surface area contributed by atoms with Crippen LogP contribution in [0.2, 0.25) is 0 Å². The van der Waals surface area contributed by atoms with E-state index < -0.39 is 0 Å². The minimum atomic E-state index is 0.250. The highest BCUT2D eigenvalue weighted by molar-refractivity contribution is 9.09. The molecule has 0 radical (unpaired) electrons. The zero-order valence-corrected chi connectivity index (χ0v) is 11.4. The number of amides is 1. The number of hydrogen-bond acceptors (Lipinski definition) is 2. The van der Waals surface area contributed by atoms with E-state index in [1.807, 2.05) is 4.90 Å². The number of nitrogens with zero attached hydrogens (tertiary/aromatic N) is 2. The average Bonchev–Trinajstić information content (AvgIpc) is 2.82. The van der Waals surface area contributed by atoms with Crippen LogP contribution in [-0.2, 0) is 4.79 Å². The smallest absolute Gasteiger partial charge is 0.233 e. The van der Waals surface area contributed by atoms with E-state index in [9.17, 15) is 4.79 Å². The van der Waals surface area contributed by atoms with Gasteiger partial charge in [-0.1, -0.05) is 15.9 Å². The van der Waals surface area contributed by atoms with E-state index in [-0.39, 0.29) is 5.91 Å². The first-order valence-corrected chi connectivity index (χ1v) is 7.48. The highest BCUT2D eigenvalue weighted by atomic mass is 79.9. The van der Waals surface area contributed by atoms with Crippen molar-refractivity contribution in [2.24, 2.45) is 5.92 Å². The summed E-state index contributed by atoms with van der Waals surface area (Å²) in [4.78, 5) is 16.1. The number of hydrogen-bond donors (Lipinski definition) is 0. The van der Waals surface area contributed by atoms with Gasteiger partial charge in [-0.25, -0.2) is 0 Å². The summed E-state index contributed by atoms with van der Waals surface area (Å²) in [6.45, 7) is 5.77. The molecule has 0 aromatic heterocycles. The van der Waals surface area contributed by atoms with Crippen molar-refractivity contribution in [3.63, 3.8) is 0 Å². The highest BCUT2D eigenvalue weighted by Gasteiger charge is 2.24. The molecule has 0 aromatic rings. The maximum absolute atomic E-state index is 11.5. The lowest BCUT2D eigenvalue weighted by molar-refractivity contribution is -0.129. The lowest BCUT2D eigenvalue weighted by Crippen LogP contribution is -2.41. The summed E-state index contributed by atoms with van der Waals surface area (Å²) in [5.74, 6) is 1.07. The second-order valence-electron chi connectivity index (χ2n) is 4.97. The molecule has 0 aliphatic carbocycles. The first-order valence-electron chi connectivity index (χ1n) is 6.35. The Kier molecular flexibility index (Phi) is 4.65. The summed E-state index contributed by atoms with van der Waals surface area (Å²) in [5, 5.41) is 0.476. The summed E-state index contributed by atoms with van der Waals surface area (Å²) in [5.41, 5.74) is 0. The van der Waals surface area contributed by atoms with E-state index in [2.05, 4.69) is 20.8 Å². The fourth-order valence-electron chi connectivity index (χ4n) is 2.78. The zero-order chi connectivity index (χ0) is 11.4. The molecule has 3 nitrogen and oxygen atoms in total. The van der Waals surface area contributed by atoms with Crippen molar-refractivity contribution in [2.75, 3.05) is 38.1 Å². The third-order valence-electron chi connectivity index (χ3n) is 3.80. The van der Waals surface area contributed by atoms with Gasteiger partial charge in [0.05, 0.1) is 5.33 Å². The molecule has 2 aliphatic rings. The Morgan fingerprint density at radius 1 is 1.12 bits per heavy atom. The summed E-state index contributed by atoms with van der Waals surface area (Å²) < 4.78 is 0. The lowest BCUT2D eigenvalue weighted by atomic mass is 9.96. The summed E-state index contributed by atoms with van der Waals surface area (Å²) in [6, 6.07) is 0. The van der Waals surface area contributed by atoms with Gasteiger partial charge in [-0.15, -0.1) is 0 Å². The fraction of sp³-hybridized carbons (Fsp3) is 0.917. The van der Waals surface area contributed by atoms with Gasteiger partial charge in [0.2, 0.25) is 5.91 Å². The number of carbonyl (C=O) groups is 1. The van der Waals surface area contributed by atoms with Crippen LogP contribution in [0.4, 0.5) is 0 Å². The Labute approximate surface area is 106 Å². The molecule has 92 valence electrons. The SMILES string of the molecule is O=C(CBr)N1CCC(CN2CCCC2)CC1. The molecule has 16 heavy (non-hydrogen) atoms. The van der Waals surface area contributed by atoms with Gasteiger partial charge < -0.3 is 9.80 Å². The number of likely N-dealkylation sites (tertiary alicyclic amines) is 2. The summed E-state index contributed by atoms with van der Waals surface area (Å²) in [7, 11) is 0. The zero-order valence-electron chi connectivity index (χ0n) is 9.83. The number of carbonyl (C=O) groups excluding carboxylic acids is 1. The molecule has 4 heteroatoms. The van der Waals surface area contributed by atoms with Gasteiger partial charge in [0.25, 0.3) is 0 Å². The summed E-state index contributed by atoms with van der Waals surface area (Å²) >= 11 is 3.24. The molecule has 1 amide bonds. The topological polar surface area (TPSA) is 23.6 Å². The number of rotatable bonds is 3. The van der Waals surface area contributed by atoms with Gasteiger partial charge in [0.1, 0.15) is 0 Å². The van der Waals surface area contributed by atoms with E-state index >= 15 is 0 Å². The third kappa shape index (κ3) is 3.20. The second-order valence-corrected chi connectivity index (χ2v) is 5.53. The lowest BCUT2D eigenvalue weighted by Gasteiger charge is -2.33. The largest absolute Gasteiger partial charge is 0.342 e. The molecular weight excluding hydrogens is 268 g/mol. The number of piperidine rings is 1. The Bertz CT molecular complexity index is 233.